The zero-order valence-electron chi connectivity index (χ0n) is 18.0. The SMILES string of the molecule is CCN1CCN(c2ccc(-c3cnnc4ccc(C=C5SC(=O)NC5=O)cc34)cc2F)CC1. The second kappa shape index (κ2) is 8.92. The van der Waals surface area contributed by atoms with Crippen LogP contribution in [0.15, 0.2) is 47.5 Å². The topological polar surface area (TPSA) is 78.4 Å². The van der Waals surface area contributed by atoms with Crippen LogP contribution in [0.3, 0.4) is 0 Å². The quantitative estimate of drug-likeness (QED) is 0.588. The maximum absolute atomic E-state index is 15.1. The number of benzene rings is 2. The molecule has 9 heteroatoms. The summed E-state index contributed by atoms with van der Waals surface area (Å²) in [6.07, 6.45) is 3.28. The Bertz CT molecular complexity index is 1290. The van der Waals surface area contributed by atoms with E-state index in [1.807, 2.05) is 24.3 Å². The van der Waals surface area contributed by atoms with Crippen molar-refractivity contribution in [3.63, 3.8) is 0 Å². The number of likely N-dealkylation sites (N-methyl/N-ethyl adjacent to an activating group) is 1. The predicted octanol–water partition coefficient (Wildman–Crippen LogP) is 3.90. The van der Waals surface area contributed by atoms with Gasteiger partial charge in [-0.25, -0.2) is 4.39 Å². The predicted molar refractivity (Wildman–Crippen MR) is 128 cm³/mol. The standard InChI is InChI=1S/C24H22FN5O2S/c1-2-29-7-9-30(10-8-29)21-6-4-16(13-19(21)25)18-14-26-28-20-5-3-15(11-17(18)20)12-22-23(31)27-24(32)33-22/h3-6,11-14H,2,7-10H2,1H3,(H,27,31,32). The van der Waals surface area contributed by atoms with E-state index >= 15 is 4.39 Å². The molecule has 2 amide bonds. The summed E-state index contributed by atoms with van der Waals surface area (Å²) in [5.41, 5.74) is 3.47. The van der Waals surface area contributed by atoms with E-state index in [0.717, 1.165) is 61.0 Å². The van der Waals surface area contributed by atoms with Gasteiger partial charge >= 0.3 is 0 Å². The number of nitrogens with zero attached hydrogens (tertiary/aromatic N) is 4. The van der Waals surface area contributed by atoms with Crippen LogP contribution in [0.4, 0.5) is 14.9 Å². The van der Waals surface area contributed by atoms with Gasteiger partial charge in [0.2, 0.25) is 0 Å². The zero-order valence-corrected chi connectivity index (χ0v) is 18.9. The molecule has 1 aromatic heterocycles. The fourth-order valence-electron chi connectivity index (χ4n) is 4.20. The third-order valence-electron chi connectivity index (χ3n) is 6.02. The van der Waals surface area contributed by atoms with Crippen LogP contribution in [0, 0.1) is 5.82 Å². The molecule has 2 aromatic carbocycles. The number of hydrogen-bond acceptors (Lipinski definition) is 7. The molecule has 0 spiro atoms. The van der Waals surface area contributed by atoms with E-state index < -0.39 is 5.91 Å². The molecule has 0 atom stereocenters. The van der Waals surface area contributed by atoms with Crippen LogP contribution in [0.2, 0.25) is 0 Å². The first-order chi connectivity index (χ1) is 16.0. The molecule has 2 saturated heterocycles. The van der Waals surface area contributed by atoms with Gasteiger partial charge in [0.25, 0.3) is 11.1 Å². The summed E-state index contributed by atoms with van der Waals surface area (Å²) in [6, 6.07) is 10.8. The number of rotatable bonds is 4. The number of aromatic nitrogens is 2. The molecule has 2 fully saturated rings. The molecular weight excluding hydrogens is 441 g/mol. The summed E-state index contributed by atoms with van der Waals surface area (Å²) in [6.45, 7) is 6.61. The smallest absolute Gasteiger partial charge is 0.290 e. The van der Waals surface area contributed by atoms with Crippen LogP contribution < -0.4 is 10.2 Å². The first-order valence-corrected chi connectivity index (χ1v) is 11.6. The van der Waals surface area contributed by atoms with Gasteiger partial charge < -0.3 is 9.80 Å². The molecule has 1 N–H and O–H groups in total. The second-order valence-electron chi connectivity index (χ2n) is 7.97. The molecule has 2 aliphatic rings. The van der Waals surface area contributed by atoms with E-state index in [1.54, 1.807) is 24.4 Å². The normalized spacial score (nSPS) is 18.4. The van der Waals surface area contributed by atoms with Crippen LogP contribution >= 0.6 is 11.8 Å². The molecule has 33 heavy (non-hydrogen) atoms. The number of halogens is 1. The summed E-state index contributed by atoms with van der Waals surface area (Å²) in [5, 5.41) is 10.9. The number of imide groups is 1. The number of amides is 2. The summed E-state index contributed by atoms with van der Waals surface area (Å²) >= 11 is 0.869. The molecular formula is C24H22FN5O2S. The first-order valence-electron chi connectivity index (χ1n) is 10.8. The van der Waals surface area contributed by atoms with Crippen molar-refractivity contribution in [1.82, 2.24) is 20.4 Å². The molecule has 7 nitrogen and oxygen atoms in total. The van der Waals surface area contributed by atoms with Gasteiger partial charge in [0.15, 0.2) is 0 Å². The van der Waals surface area contributed by atoms with E-state index in [4.69, 9.17) is 0 Å². The first kappa shape index (κ1) is 21.5. The lowest BCUT2D eigenvalue weighted by atomic mass is 10.00. The van der Waals surface area contributed by atoms with Crippen molar-refractivity contribution < 1.29 is 14.0 Å². The monoisotopic (exact) mass is 463 g/mol. The molecule has 3 aromatic rings. The molecule has 0 unspecified atom stereocenters. The molecule has 0 radical (unpaired) electrons. The minimum Gasteiger partial charge on any atom is -0.367 e. The van der Waals surface area contributed by atoms with Gasteiger partial charge in [-0.05, 0) is 59.8 Å². The number of thioether (sulfide) groups is 1. The van der Waals surface area contributed by atoms with Crippen molar-refractivity contribution >= 4 is 45.6 Å². The number of carbonyl (C=O) groups is 2. The van der Waals surface area contributed by atoms with E-state index in [1.165, 1.54) is 0 Å². The number of carbonyl (C=O) groups excluding carboxylic acids is 2. The maximum Gasteiger partial charge on any atom is 0.290 e. The van der Waals surface area contributed by atoms with Gasteiger partial charge in [-0.3, -0.25) is 14.9 Å². The van der Waals surface area contributed by atoms with Gasteiger partial charge in [0.05, 0.1) is 22.3 Å². The Morgan fingerprint density at radius 2 is 1.94 bits per heavy atom. The zero-order chi connectivity index (χ0) is 22.9. The largest absolute Gasteiger partial charge is 0.367 e. The lowest BCUT2D eigenvalue weighted by Gasteiger charge is -2.35. The van der Waals surface area contributed by atoms with Crippen LogP contribution in [-0.4, -0.2) is 59.0 Å². The Morgan fingerprint density at radius 1 is 1.12 bits per heavy atom. The minimum absolute atomic E-state index is 0.266. The molecule has 168 valence electrons. The number of anilines is 1. The summed E-state index contributed by atoms with van der Waals surface area (Å²) in [5.74, 6) is -0.672. The average Bonchev–Trinajstić information content (AvgIpc) is 3.15. The molecule has 3 heterocycles. The Kier molecular flexibility index (Phi) is 5.82. The van der Waals surface area contributed by atoms with Crippen molar-refractivity contribution in [2.45, 2.75) is 6.92 Å². The van der Waals surface area contributed by atoms with Crippen molar-refractivity contribution in [1.29, 1.82) is 0 Å². The Hall–Kier alpha value is -3.30. The summed E-state index contributed by atoms with van der Waals surface area (Å²) < 4.78 is 15.1. The Labute approximate surface area is 194 Å². The molecule has 2 aliphatic heterocycles. The molecule has 0 aliphatic carbocycles. The fourth-order valence-corrected chi connectivity index (χ4v) is 4.89. The van der Waals surface area contributed by atoms with Crippen molar-refractivity contribution in [2.24, 2.45) is 0 Å². The summed E-state index contributed by atoms with van der Waals surface area (Å²) in [4.78, 5) is 28.1. The maximum atomic E-state index is 15.1. The van der Waals surface area contributed by atoms with Crippen molar-refractivity contribution in [3.05, 3.63) is 58.9 Å². The second-order valence-corrected chi connectivity index (χ2v) is 8.99. The van der Waals surface area contributed by atoms with Crippen molar-refractivity contribution in [3.8, 4) is 11.1 Å². The van der Waals surface area contributed by atoms with E-state index in [-0.39, 0.29) is 11.1 Å². The molecule has 5 rings (SSSR count). The number of piperazine rings is 1. The van der Waals surface area contributed by atoms with Gasteiger partial charge in [-0.15, -0.1) is 0 Å². The number of hydrogen-bond donors (Lipinski definition) is 1. The van der Waals surface area contributed by atoms with E-state index in [2.05, 4.69) is 32.2 Å². The van der Waals surface area contributed by atoms with Crippen LogP contribution in [0.5, 0.6) is 0 Å². The number of fused-ring (bicyclic) bond motifs is 1. The lowest BCUT2D eigenvalue weighted by molar-refractivity contribution is -0.115. The van der Waals surface area contributed by atoms with Gasteiger partial charge in [0, 0.05) is 37.1 Å². The van der Waals surface area contributed by atoms with Crippen molar-refractivity contribution in [2.75, 3.05) is 37.6 Å². The molecule has 0 saturated carbocycles. The van der Waals surface area contributed by atoms with Gasteiger partial charge in [-0.1, -0.05) is 19.1 Å². The highest BCUT2D eigenvalue weighted by atomic mass is 32.2. The number of nitrogens with one attached hydrogen (secondary N) is 1. The van der Waals surface area contributed by atoms with Gasteiger partial charge in [-0.2, -0.15) is 10.2 Å². The highest BCUT2D eigenvalue weighted by molar-refractivity contribution is 8.18. The van der Waals surface area contributed by atoms with E-state index in [0.29, 0.717) is 21.7 Å². The average molecular weight is 464 g/mol. The third-order valence-corrected chi connectivity index (χ3v) is 6.83. The molecule has 0 bridgehead atoms. The van der Waals surface area contributed by atoms with Crippen LogP contribution in [0.25, 0.3) is 28.1 Å². The third kappa shape index (κ3) is 4.34. The minimum atomic E-state index is -0.407. The Morgan fingerprint density at radius 3 is 2.64 bits per heavy atom. The van der Waals surface area contributed by atoms with Gasteiger partial charge in [0.1, 0.15) is 5.82 Å². The fraction of sp³-hybridized carbons (Fsp3) is 0.250. The Balaban J connectivity index is 1.48. The van der Waals surface area contributed by atoms with Crippen LogP contribution in [-0.2, 0) is 4.79 Å². The summed E-state index contributed by atoms with van der Waals surface area (Å²) in [7, 11) is 0. The highest BCUT2D eigenvalue weighted by Crippen LogP contribution is 2.32. The lowest BCUT2D eigenvalue weighted by Crippen LogP contribution is -2.46. The highest BCUT2D eigenvalue weighted by Gasteiger charge is 2.25. The van der Waals surface area contributed by atoms with E-state index in [9.17, 15) is 9.59 Å². The van der Waals surface area contributed by atoms with Crippen LogP contribution in [0.1, 0.15) is 12.5 Å².